The normalized spacial score (nSPS) is 14.4. The number of amides is 1. The van der Waals surface area contributed by atoms with Gasteiger partial charge >= 0.3 is 0 Å². The number of rotatable bonds is 3. The Morgan fingerprint density at radius 2 is 2.24 bits per heavy atom. The van der Waals surface area contributed by atoms with E-state index in [0.717, 1.165) is 31.7 Å². The molecule has 0 atom stereocenters. The van der Waals surface area contributed by atoms with Crippen molar-refractivity contribution in [2.24, 2.45) is 0 Å². The highest BCUT2D eigenvalue weighted by atomic mass is 16.5. The van der Waals surface area contributed by atoms with Crippen molar-refractivity contribution in [3.63, 3.8) is 0 Å². The number of hydrogen-bond donors (Lipinski definition) is 0. The number of hydrogen-bond acceptors (Lipinski definition) is 2. The summed E-state index contributed by atoms with van der Waals surface area (Å²) >= 11 is 0. The van der Waals surface area contributed by atoms with Crippen LogP contribution in [0.2, 0.25) is 0 Å². The molecule has 1 aromatic carbocycles. The highest BCUT2D eigenvalue weighted by molar-refractivity contribution is 5.73. The van der Waals surface area contributed by atoms with Crippen LogP contribution in [0.25, 0.3) is 0 Å². The Balaban J connectivity index is 2.14. The molecule has 1 aromatic rings. The van der Waals surface area contributed by atoms with Gasteiger partial charge in [-0.15, -0.1) is 0 Å². The van der Waals surface area contributed by atoms with Gasteiger partial charge in [-0.3, -0.25) is 4.79 Å². The van der Waals surface area contributed by atoms with Gasteiger partial charge in [0.15, 0.2) is 0 Å². The molecule has 0 unspecified atom stereocenters. The molecule has 0 spiro atoms. The molecule has 0 bridgehead atoms. The largest absolute Gasteiger partial charge is 0.494 e. The van der Waals surface area contributed by atoms with E-state index in [2.05, 4.69) is 19.1 Å². The predicted octanol–water partition coefficient (Wildman–Crippen LogP) is 2.38. The number of fused-ring (bicyclic) bond motifs is 1. The number of benzene rings is 1. The number of carbonyl (C=O) groups is 1. The van der Waals surface area contributed by atoms with Crippen molar-refractivity contribution >= 4 is 5.91 Å². The summed E-state index contributed by atoms with van der Waals surface area (Å²) in [4.78, 5) is 13.2. The molecule has 0 saturated heterocycles. The van der Waals surface area contributed by atoms with E-state index in [-0.39, 0.29) is 5.91 Å². The minimum Gasteiger partial charge on any atom is -0.494 e. The first-order valence-corrected chi connectivity index (χ1v) is 6.21. The van der Waals surface area contributed by atoms with Crippen molar-refractivity contribution in [2.45, 2.75) is 33.2 Å². The van der Waals surface area contributed by atoms with Crippen molar-refractivity contribution < 1.29 is 9.53 Å². The fourth-order valence-electron chi connectivity index (χ4n) is 2.11. The lowest BCUT2D eigenvalue weighted by Crippen LogP contribution is -2.34. The van der Waals surface area contributed by atoms with Crippen molar-refractivity contribution in [1.29, 1.82) is 0 Å². The maximum absolute atomic E-state index is 11.4. The van der Waals surface area contributed by atoms with Crippen LogP contribution in [0, 0.1) is 0 Å². The molecule has 0 saturated carbocycles. The molecule has 2 rings (SSSR count). The second-order valence-electron chi connectivity index (χ2n) is 4.47. The zero-order chi connectivity index (χ0) is 12.3. The van der Waals surface area contributed by atoms with Crippen molar-refractivity contribution in [2.75, 3.05) is 13.2 Å². The molecule has 0 N–H and O–H groups in total. The van der Waals surface area contributed by atoms with Gasteiger partial charge < -0.3 is 9.64 Å². The molecular weight excluding hydrogens is 214 g/mol. The van der Waals surface area contributed by atoms with Gasteiger partial charge in [-0.1, -0.05) is 13.0 Å². The summed E-state index contributed by atoms with van der Waals surface area (Å²) in [6.45, 7) is 6.01. The zero-order valence-electron chi connectivity index (χ0n) is 10.5. The average Bonchev–Trinajstić information content (AvgIpc) is 2.35. The average molecular weight is 233 g/mol. The summed E-state index contributed by atoms with van der Waals surface area (Å²) in [5.41, 5.74) is 2.56. The Kier molecular flexibility index (Phi) is 3.67. The second-order valence-corrected chi connectivity index (χ2v) is 4.47. The van der Waals surface area contributed by atoms with Gasteiger partial charge in [0.05, 0.1) is 6.61 Å². The van der Waals surface area contributed by atoms with E-state index in [1.165, 1.54) is 11.1 Å². The van der Waals surface area contributed by atoms with Crippen LogP contribution in [-0.4, -0.2) is 24.0 Å². The van der Waals surface area contributed by atoms with Gasteiger partial charge in [0.25, 0.3) is 0 Å². The van der Waals surface area contributed by atoms with Crippen LogP contribution in [-0.2, 0) is 17.8 Å². The highest BCUT2D eigenvalue weighted by Gasteiger charge is 2.18. The molecule has 1 heterocycles. The van der Waals surface area contributed by atoms with Crippen molar-refractivity contribution in [3.8, 4) is 5.75 Å². The summed E-state index contributed by atoms with van der Waals surface area (Å²) in [5.74, 6) is 1.06. The Morgan fingerprint density at radius 3 is 2.94 bits per heavy atom. The molecule has 3 nitrogen and oxygen atoms in total. The lowest BCUT2D eigenvalue weighted by Gasteiger charge is -2.28. The van der Waals surface area contributed by atoms with Gasteiger partial charge in [0.2, 0.25) is 5.91 Å². The first kappa shape index (κ1) is 12.0. The van der Waals surface area contributed by atoms with Crippen LogP contribution in [0.3, 0.4) is 0 Å². The third-order valence-corrected chi connectivity index (χ3v) is 3.11. The second kappa shape index (κ2) is 5.21. The molecule has 1 amide bonds. The molecule has 0 fully saturated rings. The lowest BCUT2D eigenvalue weighted by atomic mass is 9.99. The van der Waals surface area contributed by atoms with E-state index in [9.17, 15) is 4.79 Å². The summed E-state index contributed by atoms with van der Waals surface area (Å²) in [6.07, 6.45) is 1.96. The molecule has 0 aliphatic carbocycles. The topological polar surface area (TPSA) is 29.5 Å². The summed E-state index contributed by atoms with van der Waals surface area (Å²) in [7, 11) is 0. The molecular formula is C14H19NO2. The highest BCUT2D eigenvalue weighted by Crippen LogP contribution is 2.24. The number of ether oxygens (including phenoxy) is 1. The van der Waals surface area contributed by atoms with E-state index < -0.39 is 0 Å². The maximum atomic E-state index is 11.4. The molecule has 1 aliphatic heterocycles. The van der Waals surface area contributed by atoms with Crippen LogP contribution in [0.1, 0.15) is 31.4 Å². The Labute approximate surface area is 102 Å². The minimum atomic E-state index is 0.149. The van der Waals surface area contributed by atoms with Gasteiger partial charge in [-0.25, -0.2) is 0 Å². The first-order valence-electron chi connectivity index (χ1n) is 6.21. The Hall–Kier alpha value is -1.51. The molecule has 3 heteroatoms. The quantitative estimate of drug-likeness (QED) is 0.802. The van der Waals surface area contributed by atoms with Gasteiger partial charge in [0, 0.05) is 20.0 Å². The molecule has 17 heavy (non-hydrogen) atoms. The number of nitrogens with zero attached hydrogens (tertiary/aromatic N) is 1. The van der Waals surface area contributed by atoms with Gasteiger partial charge in [0.1, 0.15) is 5.75 Å². The fraction of sp³-hybridized carbons (Fsp3) is 0.500. The lowest BCUT2D eigenvalue weighted by molar-refractivity contribution is -0.129. The minimum absolute atomic E-state index is 0.149. The van der Waals surface area contributed by atoms with E-state index >= 15 is 0 Å². The molecule has 92 valence electrons. The van der Waals surface area contributed by atoms with Crippen molar-refractivity contribution in [3.05, 3.63) is 29.3 Å². The zero-order valence-corrected chi connectivity index (χ0v) is 10.5. The van der Waals surface area contributed by atoms with E-state index in [4.69, 9.17) is 4.74 Å². The Bertz CT molecular complexity index is 415. The van der Waals surface area contributed by atoms with E-state index in [0.29, 0.717) is 6.54 Å². The SMILES string of the molecule is CCCOc1ccc2c(c1)CN(C(C)=O)CC2. The third kappa shape index (κ3) is 2.78. The number of carbonyl (C=O) groups excluding carboxylic acids is 1. The molecule has 0 radical (unpaired) electrons. The van der Waals surface area contributed by atoms with Gasteiger partial charge in [-0.2, -0.15) is 0 Å². The first-order chi connectivity index (χ1) is 8.20. The van der Waals surface area contributed by atoms with Crippen molar-refractivity contribution in [1.82, 2.24) is 4.90 Å². The summed E-state index contributed by atoms with van der Waals surface area (Å²) < 4.78 is 5.61. The van der Waals surface area contributed by atoms with E-state index in [1.807, 2.05) is 11.0 Å². The van der Waals surface area contributed by atoms with Crippen LogP contribution in [0.5, 0.6) is 5.75 Å². The Morgan fingerprint density at radius 1 is 1.41 bits per heavy atom. The van der Waals surface area contributed by atoms with Crippen LogP contribution in [0.4, 0.5) is 0 Å². The molecule has 1 aliphatic rings. The van der Waals surface area contributed by atoms with Crippen LogP contribution >= 0.6 is 0 Å². The van der Waals surface area contributed by atoms with Crippen LogP contribution in [0.15, 0.2) is 18.2 Å². The summed E-state index contributed by atoms with van der Waals surface area (Å²) in [6, 6.07) is 6.22. The standard InChI is InChI=1S/C14H19NO2/c1-3-8-17-14-5-4-12-6-7-15(11(2)16)10-13(12)9-14/h4-5,9H,3,6-8,10H2,1-2H3. The predicted molar refractivity (Wildman–Crippen MR) is 67.0 cm³/mol. The fourth-order valence-corrected chi connectivity index (χ4v) is 2.11. The van der Waals surface area contributed by atoms with Crippen LogP contribution < -0.4 is 4.74 Å². The van der Waals surface area contributed by atoms with Gasteiger partial charge in [-0.05, 0) is 36.1 Å². The maximum Gasteiger partial charge on any atom is 0.219 e. The summed E-state index contributed by atoms with van der Waals surface area (Å²) in [5, 5.41) is 0. The van der Waals surface area contributed by atoms with E-state index in [1.54, 1.807) is 6.92 Å². The monoisotopic (exact) mass is 233 g/mol. The third-order valence-electron chi connectivity index (χ3n) is 3.11. The molecule has 0 aromatic heterocycles. The smallest absolute Gasteiger partial charge is 0.219 e.